The van der Waals surface area contributed by atoms with Crippen LogP contribution in [-0.4, -0.2) is 39.0 Å². The summed E-state index contributed by atoms with van der Waals surface area (Å²) in [5.41, 5.74) is 1.64. The lowest BCUT2D eigenvalue weighted by molar-refractivity contribution is 0.206. The number of aryl methyl sites for hydroxylation is 1. The zero-order valence-electron chi connectivity index (χ0n) is 12.7. The first-order valence-corrected chi connectivity index (χ1v) is 7.57. The van der Waals surface area contributed by atoms with Crippen molar-refractivity contribution in [3.8, 4) is 0 Å². The summed E-state index contributed by atoms with van der Waals surface area (Å²) >= 11 is 0. The number of nitrogens with zero attached hydrogens (tertiary/aromatic N) is 4. The molecule has 0 saturated carbocycles. The van der Waals surface area contributed by atoms with Crippen molar-refractivity contribution in [3.63, 3.8) is 0 Å². The molecule has 0 radical (unpaired) electrons. The van der Waals surface area contributed by atoms with Gasteiger partial charge in [0.15, 0.2) is 0 Å². The fourth-order valence-electron chi connectivity index (χ4n) is 2.79. The van der Waals surface area contributed by atoms with Crippen molar-refractivity contribution in [2.45, 2.75) is 32.4 Å². The maximum absolute atomic E-state index is 13.7. The summed E-state index contributed by atoms with van der Waals surface area (Å²) in [4.78, 5) is 14.7. The Kier molecular flexibility index (Phi) is 4.58. The van der Waals surface area contributed by atoms with Gasteiger partial charge in [0.2, 0.25) is 5.95 Å². The molecule has 22 heavy (non-hydrogen) atoms. The molecule has 6 heteroatoms. The smallest absolute Gasteiger partial charge is 0.223 e. The first-order valence-electron chi connectivity index (χ1n) is 7.57. The van der Waals surface area contributed by atoms with E-state index in [1.807, 2.05) is 13.0 Å². The minimum atomic E-state index is -0.236. The van der Waals surface area contributed by atoms with E-state index in [1.165, 1.54) is 6.20 Å². The Hall–Kier alpha value is -2.08. The van der Waals surface area contributed by atoms with Gasteiger partial charge in [0.1, 0.15) is 5.82 Å². The average Bonchev–Trinajstić information content (AvgIpc) is 2.50. The maximum Gasteiger partial charge on any atom is 0.223 e. The lowest BCUT2D eigenvalue weighted by Crippen LogP contribution is -2.42. The predicted molar refractivity (Wildman–Crippen MR) is 82.9 cm³/mol. The maximum atomic E-state index is 13.7. The third-order valence-corrected chi connectivity index (χ3v) is 3.88. The molecule has 1 atom stereocenters. The molecule has 0 aliphatic carbocycles. The molecule has 1 N–H and O–H groups in total. The Morgan fingerprint density at radius 3 is 3.09 bits per heavy atom. The number of hydrogen-bond acceptors (Lipinski definition) is 5. The van der Waals surface area contributed by atoms with Crippen LogP contribution in [0, 0.1) is 12.7 Å². The fourth-order valence-corrected chi connectivity index (χ4v) is 2.79. The van der Waals surface area contributed by atoms with Gasteiger partial charge in [-0.1, -0.05) is 0 Å². The predicted octanol–water partition coefficient (Wildman–Crippen LogP) is 2.40. The van der Waals surface area contributed by atoms with Gasteiger partial charge in [0, 0.05) is 42.8 Å². The highest BCUT2D eigenvalue weighted by Crippen LogP contribution is 2.17. The van der Waals surface area contributed by atoms with Crippen molar-refractivity contribution in [3.05, 3.63) is 47.8 Å². The number of pyridine rings is 1. The van der Waals surface area contributed by atoms with Crippen molar-refractivity contribution in [2.24, 2.45) is 0 Å². The number of anilines is 1. The van der Waals surface area contributed by atoms with Crippen LogP contribution < -0.4 is 5.32 Å². The number of halogens is 1. The van der Waals surface area contributed by atoms with Crippen LogP contribution in [0.25, 0.3) is 0 Å². The molecule has 3 heterocycles. The van der Waals surface area contributed by atoms with Gasteiger partial charge < -0.3 is 5.32 Å². The topological polar surface area (TPSA) is 53.9 Å². The summed E-state index contributed by atoms with van der Waals surface area (Å²) in [5, 5.41) is 3.38. The average molecular weight is 301 g/mol. The fraction of sp³-hybridized carbons (Fsp3) is 0.438. The molecule has 1 fully saturated rings. The van der Waals surface area contributed by atoms with Gasteiger partial charge >= 0.3 is 0 Å². The number of aromatic nitrogens is 3. The Bertz CT molecular complexity index is 633. The normalized spacial score (nSPS) is 19.1. The Labute approximate surface area is 129 Å². The highest BCUT2D eigenvalue weighted by atomic mass is 19.1. The second-order valence-electron chi connectivity index (χ2n) is 5.71. The lowest BCUT2D eigenvalue weighted by atomic mass is 10.1. The van der Waals surface area contributed by atoms with Crippen molar-refractivity contribution in [1.29, 1.82) is 0 Å². The van der Waals surface area contributed by atoms with Gasteiger partial charge in [-0.15, -0.1) is 0 Å². The van der Waals surface area contributed by atoms with E-state index in [0.717, 1.165) is 31.6 Å². The van der Waals surface area contributed by atoms with Crippen LogP contribution in [-0.2, 0) is 6.54 Å². The van der Waals surface area contributed by atoms with E-state index in [1.54, 1.807) is 18.5 Å². The minimum absolute atomic E-state index is 0.236. The molecular weight excluding hydrogens is 281 g/mol. The van der Waals surface area contributed by atoms with Crippen LogP contribution >= 0.6 is 0 Å². The number of hydrogen-bond donors (Lipinski definition) is 1. The molecule has 5 nitrogen and oxygen atoms in total. The van der Waals surface area contributed by atoms with Gasteiger partial charge in [-0.25, -0.2) is 14.4 Å². The van der Waals surface area contributed by atoms with Crippen LogP contribution in [0.3, 0.4) is 0 Å². The Morgan fingerprint density at radius 2 is 2.27 bits per heavy atom. The number of piperidine rings is 1. The quantitative estimate of drug-likeness (QED) is 0.940. The molecule has 3 rings (SSSR count). The Balaban J connectivity index is 1.61. The van der Waals surface area contributed by atoms with Crippen molar-refractivity contribution in [1.82, 2.24) is 19.9 Å². The Morgan fingerprint density at radius 1 is 1.36 bits per heavy atom. The van der Waals surface area contributed by atoms with E-state index >= 15 is 0 Å². The van der Waals surface area contributed by atoms with Crippen molar-refractivity contribution in [2.75, 3.05) is 18.4 Å². The van der Waals surface area contributed by atoms with E-state index in [9.17, 15) is 4.39 Å². The van der Waals surface area contributed by atoms with Crippen LogP contribution in [0.5, 0.6) is 0 Å². The third kappa shape index (κ3) is 3.76. The van der Waals surface area contributed by atoms with E-state index < -0.39 is 0 Å². The zero-order valence-corrected chi connectivity index (χ0v) is 12.7. The van der Waals surface area contributed by atoms with E-state index in [0.29, 0.717) is 24.1 Å². The molecule has 0 spiro atoms. The molecule has 0 amide bonds. The standard InChI is InChI=1S/C16H20FN5/c1-12-4-7-19-16(20-12)21-14-3-2-8-22(11-14)10-13-5-6-18-9-15(13)17/h4-7,9,14H,2-3,8,10-11H2,1H3,(H,19,20,21). The monoisotopic (exact) mass is 301 g/mol. The molecule has 1 unspecified atom stereocenters. The second kappa shape index (κ2) is 6.79. The van der Waals surface area contributed by atoms with Gasteiger partial charge in [-0.3, -0.25) is 9.88 Å². The van der Waals surface area contributed by atoms with Crippen molar-refractivity contribution < 1.29 is 4.39 Å². The van der Waals surface area contributed by atoms with E-state index in [-0.39, 0.29) is 5.82 Å². The summed E-state index contributed by atoms with van der Waals surface area (Å²) in [6.45, 7) is 4.40. The largest absolute Gasteiger partial charge is 0.350 e. The molecule has 1 aliphatic rings. The van der Waals surface area contributed by atoms with Gasteiger partial charge in [-0.2, -0.15) is 0 Å². The summed E-state index contributed by atoms with van der Waals surface area (Å²) in [6, 6.07) is 3.92. The molecule has 1 saturated heterocycles. The van der Waals surface area contributed by atoms with Crippen LogP contribution in [0.4, 0.5) is 10.3 Å². The molecule has 2 aromatic rings. The molecule has 0 bridgehead atoms. The van der Waals surface area contributed by atoms with Gasteiger partial charge in [0.25, 0.3) is 0 Å². The highest BCUT2D eigenvalue weighted by Gasteiger charge is 2.21. The molecule has 0 aromatic carbocycles. The molecular formula is C16H20FN5. The summed E-state index contributed by atoms with van der Waals surface area (Å²) < 4.78 is 13.7. The van der Waals surface area contributed by atoms with Crippen molar-refractivity contribution >= 4 is 5.95 Å². The third-order valence-electron chi connectivity index (χ3n) is 3.88. The van der Waals surface area contributed by atoms with E-state index in [4.69, 9.17) is 0 Å². The summed E-state index contributed by atoms with van der Waals surface area (Å²) in [6.07, 6.45) is 6.83. The molecule has 2 aromatic heterocycles. The first-order chi connectivity index (χ1) is 10.7. The van der Waals surface area contributed by atoms with Gasteiger partial charge in [0.05, 0.1) is 6.20 Å². The minimum Gasteiger partial charge on any atom is -0.350 e. The van der Waals surface area contributed by atoms with Crippen LogP contribution in [0.15, 0.2) is 30.7 Å². The lowest BCUT2D eigenvalue weighted by Gasteiger charge is -2.33. The number of nitrogens with one attached hydrogen (secondary N) is 1. The first kappa shape index (κ1) is 14.8. The number of likely N-dealkylation sites (tertiary alicyclic amines) is 1. The van der Waals surface area contributed by atoms with Crippen LogP contribution in [0.1, 0.15) is 24.1 Å². The van der Waals surface area contributed by atoms with Crippen LogP contribution in [0.2, 0.25) is 0 Å². The second-order valence-corrected chi connectivity index (χ2v) is 5.71. The number of rotatable bonds is 4. The zero-order chi connectivity index (χ0) is 15.4. The van der Waals surface area contributed by atoms with Gasteiger partial charge in [-0.05, 0) is 38.4 Å². The molecule has 116 valence electrons. The highest BCUT2D eigenvalue weighted by molar-refractivity contribution is 5.27. The summed E-state index contributed by atoms with van der Waals surface area (Å²) in [5.74, 6) is 0.432. The SMILES string of the molecule is Cc1ccnc(NC2CCCN(Cc3ccncc3F)C2)n1. The van der Waals surface area contributed by atoms with E-state index in [2.05, 4.69) is 25.2 Å². The molecule has 1 aliphatic heterocycles. The summed E-state index contributed by atoms with van der Waals surface area (Å²) in [7, 11) is 0.